The van der Waals surface area contributed by atoms with Gasteiger partial charge in [0.15, 0.2) is 5.96 Å². The maximum atomic E-state index is 5.42. The van der Waals surface area contributed by atoms with Gasteiger partial charge < -0.3 is 15.4 Å². The molecule has 0 aliphatic carbocycles. The second-order valence-electron chi connectivity index (χ2n) is 5.90. The first-order chi connectivity index (χ1) is 12.3. The summed E-state index contributed by atoms with van der Waals surface area (Å²) in [6, 6.07) is 19.0. The summed E-state index contributed by atoms with van der Waals surface area (Å²) in [5.74, 6) is 0.839. The van der Waals surface area contributed by atoms with E-state index in [1.807, 2.05) is 6.92 Å². The lowest BCUT2D eigenvalue weighted by Crippen LogP contribution is -2.37. The quantitative estimate of drug-likeness (QED) is 0.417. The van der Waals surface area contributed by atoms with Gasteiger partial charge in [0.25, 0.3) is 0 Å². The number of nitrogens with one attached hydrogen (secondary N) is 2. The van der Waals surface area contributed by atoms with Crippen LogP contribution in [0.1, 0.15) is 30.0 Å². The van der Waals surface area contributed by atoms with Gasteiger partial charge in [0, 0.05) is 26.7 Å². The largest absolute Gasteiger partial charge is 0.377 e. The first kappa shape index (κ1) is 19.0. The third kappa shape index (κ3) is 7.40. The first-order valence-electron chi connectivity index (χ1n) is 8.96. The van der Waals surface area contributed by atoms with E-state index in [2.05, 4.69) is 70.2 Å². The van der Waals surface area contributed by atoms with E-state index in [4.69, 9.17) is 4.74 Å². The van der Waals surface area contributed by atoms with Crippen molar-refractivity contribution < 1.29 is 4.74 Å². The van der Waals surface area contributed by atoms with Gasteiger partial charge in [-0.2, -0.15) is 0 Å². The van der Waals surface area contributed by atoms with Crippen LogP contribution in [0.25, 0.3) is 0 Å². The summed E-state index contributed by atoms with van der Waals surface area (Å²) in [5.41, 5.74) is 3.81. The highest BCUT2D eigenvalue weighted by atomic mass is 16.5. The summed E-state index contributed by atoms with van der Waals surface area (Å²) in [6.45, 7) is 5.09. The third-order valence-electron chi connectivity index (χ3n) is 3.96. The number of benzene rings is 2. The summed E-state index contributed by atoms with van der Waals surface area (Å²) >= 11 is 0. The lowest BCUT2D eigenvalue weighted by atomic mass is 10.1. The van der Waals surface area contributed by atoms with Crippen molar-refractivity contribution in [3.8, 4) is 0 Å². The highest BCUT2D eigenvalue weighted by molar-refractivity contribution is 5.79. The highest BCUT2D eigenvalue weighted by Crippen LogP contribution is 2.06. The number of rotatable bonds is 9. The van der Waals surface area contributed by atoms with Crippen LogP contribution in [0, 0.1) is 0 Å². The fraction of sp³-hybridized carbons (Fsp3) is 0.381. The number of aryl methyl sites for hydroxylation is 1. The van der Waals surface area contributed by atoms with Gasteiger partial charge in [-0.3, -0.25) is 4.99 Å². The van der Waals surface area contributed by atoms with Gasteiger partial charge in [-0.25, -0.2) is 0 Å². The van der Waals surface area contributed by atoms with Crippen LogP contribution in [-0.4, -0.2) is 26.2 Å². The number of ether oxygens (including phenoxy) is 1. The summed E-state index contributed by atoms with van der Waals surface area (Å²) in [5, 5.41) is 6.72. The third-order valence-corrected chi connectivity index (χ3v) is 3.96. The number of hydrogen-bond acceptors (Lipinski definition) is 2. The Labute approximate surface area is 151 Å². The lowest BCUT2D eigenvalue weighted by molar-refractivity contribution is 0.134. The molecule has 25 heavy (non-hydrogen) atoms. The number of aliphatic imine (C=N–C) groups is 1. The van der Waals surface area contributed by atoms with Crippen molar-refractivity contribution >= 4 is 5.96 Å². The highest BCUT2D eigenvalue weighted by Gasteiger charge is 1.99. The molecule has 4 nitrogen and oxygen atoms in total. The predicted octanol–water partition coefficient (Wildman–Crippen LogP) is 3.52. The first-order valence-corrected chi connectivity index (χ1v) is 8.96. The van der Waals surface area contributed by atoms with Crippen LogP contribution in [0.3, 0.4) is 0 Å². The Morgan fingerprint density at radius 2 is 1.64 bits per heavy atom. The second kappa shape index (κ2) is 11.3. The van der Waals surface area contributed by atoms with E-state index in [0.717, 1.165) is 38.5 Å². The van der Waals surface area contributed by atoms with Crippen molar-refractivity contribution in [2.45, 2.75) is 32.9 Å². The van der Waals surface area contributed by atoms with Gasteiger partial charge in [0.2, 0.25) is 0 Å². The zero-order valence-electron chi connectivity index (χ0n) is 15.3. The standard InChI is InChI=1S/C21H29N3O/c1-3-25-17-20-13-11-19(12-14-20)16-24-21(22-2)23-15-7-10-18-8-5-4-6-9-18/h4-6,8-9,11-14H,3,7,10,15-17H2,1-2H3,(H2,22,23,24). The normalized spacial score (nSPS) is 11.4. The molecule has 2 aromatic rings. The van der Waals surface area contributed by atoms with Crippen LogP contribution in [0.4, 0.5) is 0 Å². The summed E-state index contributed by atoms with van der Waals surface area (Å²) in [4.78, 5) is 4.28. The topological polar surface area (TPSA) is 45.6 Å². The Hall–Kier alpha value is -2.33. The Morgan fingerprint density at radius 3 is 2.32 bits per heavy atom. The zero-order valence-corrected chi connectivity index (χ0v) is 15.3. The molecule has 0 saturated carbocycles. The van der Waals surface area contributed by atoms with Crippen LogP contribution in [0.2, 0.25) is 0 Å². The Kier molecular flexibility index (Phi) is 8.56. The monoisotopic (exact) mass is 339 g/mol. The van der Waals surface area contributed by atoms with E-state index in [9.17, 15) is 0 Å². The predicted molar refractivity (Wildman–Crippen MR) is 105 cm³/mol. The number of nitrogens with zero attached hydrogens (tertiary/aromatic N) is 1. The van der Waals surface area contributed by atoms with Crippen LogP contribution < -0.4 is 10.6 Å². The molecule has 0 saturated heterocycles. The van der Waals surface area contributed by atoms with E-state index >= 15 is 0 Å². The molecule has 0 bridgehead atoms. The average Bonchev–Trinajstić information content (AvgIpc) is 2.67. The SMILES string of the molecule is CCOCc1ccc(CNC(=NC)NCCCc2ccccc2)cc1. The van der Waals surface area contributed by atoms with Crippen molar-refractivity contribution in [1.29, 1.82) is 0 Å². The number of hydrogen-bond donors (Lipinski definition) is 2. The molecule has 0 amide bonds. The molecule has 134 valence electrons. The smallest absolute Gasteiger partial charge is 0.191 e. The average molecular weight is 339 g/mol. The van der Waals surface area contributed by atoms with E-state index in [1.165, 1.54) is 16.7 Å². The number of guanidine groups is 1. The molecule has 0 aromatic heterocycles. The Balaban J connectivity index is 1.67. The van der Waals surface area contributed by atoms with Crippen LogP contribution in [0.15, 0.2) is 59.6 Å². The minimum Gasteiger partial charge on any atom is -0.377 e. The fourth-order valence-electron chi connectivity index (χ4n) is 2.52. The van der Waals surface area contributed by atoms with Crippen LogP contribution >= 0.6 is 0 Å². The molecule has 0 fully saturated rings. The van der Waals surface area contributed by atoms with E-state index < -0.39 is 0 Å². The van der Waals surface area contributed by atoms with Crippen molar-refractivity contribution in [3.63, 3.8) is 0 Å². The molecule has 2 rings (SSSR count). The van der Waals surface area contributed by atoms with E-state index in [0.29, 0.717) is 6.61 Å². The maximum absolute atomic E-state index is 5.42. The van der Waals surface area contributed by atoms with Crippen LogP contribution in [-0.2, 0) is 24.3 Å². The second-order valence-corrected chi connectivity index (χ2v) is 5.90. The lowest BCUT2D eigenvalue weighted by Gasteiger charge is -2.12. The van der Waals surface area contributed by atoms with Gasteiger partial charge in [-0.1, -0.05) is 54.6 Å². The molecule has 4 heteroatoms. The van der Waals surface area contributed by atoms with Crippen LogP contribution in [0.5, 0.6) is 0 Å². The molecule has 2 N–H and O–H groups in total. The molecule has 0 aliphatic rings. The minimum atomic E-state index is 0.675. The fourth-order valence-corrected chi connectivity index (χ4v) is 2.52. The molecule has 0 atom stereocenters. The molecule has 2 aromatic carbocycles. The zero-order chi connectivity index (χ0) is 17.7. The summed E-state index contributed by atoms with van der Waals surface area (Å²) in [7, 11) is 1.80. The molecule has 0 heterocycles. The molecule has 0 radical (unpaired) electrons. The van der Waals surface area contributed by atoms with E-state index in [1.54, 1.807) is 7.05 Å². The molecule has 0 unspecified atom stereocenters. The van der Waals surface area contributed by atoms with Gasteiger partial charge in [0.05, 0.1) is 6.61 Å². The van der Waals surface area contributed by atoms with Gasteiger partial charge >= 0.3 is 0 Å². The van der Waals surface area contributed by atoms with Gasteiger partial charge in [-0.15, -0.1) is 0 Å². The minimum absolute atomic E-state index is 0.675. The molecule has 0 aliphatic heterocycles. The van der Waals surface area contributed by atoms with Crippen molar-refractivity contribution in [2.75, 3.05) is 20.2 Å². The molecule has 0 spiro atoms. The summed E-state index contributed by atoms with van der Waals surface area (Å²) in [6.07, 6.45) is 2.16. The Morgan fingerprint density at radius 1 is 0.920 bits per heavy atom. The van der Waals surface area contributed by atoms with E-state index in [-0.39, 0.29) is 0 Å². The van der Waals surface area contributed by atoms with Crippen molar-refractivity contribution in [3.05, 3.63) is 71.3 Å². The Bertz CT molecular complexity index is 623. The summed E-state index contributed by atoms with van der Waals surface area (Å²) < 4.78 is 5.42. The van der Waals surface area contributed by atoms with Gasteiger partial charge in [0.1, 0.15) is 0 Å². The maximum Gasteiger partial charge on any atom is 0.191 e. The van der Waals surface area contributed by atoms with Gasteiger partial charge in [-0.05, 0) is 36.5 Å². The molecular weight excluding hydrogens is 310 g/mol. The molecular formula is C21H29N3O. The van der Waals surface area contributed by atoms with Crippen molar-refractivity contribution in [1.82, 2.24) is 10.6 Å². The van der Waals surface area contributed by atoms with Crippen molar-refractivity contribution in [2.24, 2.45) is 4.99 Å².